The molecule has 1 aromatic heterocycles. The molecule has 3 rings (SSSR count). The van der Waals surface area contributed by atoms with Crippen LogP contribution in [0.25, 0.3) is 0 Å². The Balaban J connectivity index is 1.87. The summed E-state index contributed by atoms with van der Waals surface area (Å²) in [5.74, 6) is 1.42. The van der Waals surface area contributed by atoms with E-state index < -0.39 is 0 Å². The summed E-state index contributed by atoms with van der Waals surface area (Å²) in [7, 11) is 1.73. The van der Waals surface area contributed by atoms with E-state index in [1.807, 2.05) is 0 Å². The number of nitrogens with zero attached hydrogens (tertiary/aromatic N) is 2. The Morgan fingerprint density at radius 1 is 1.29 bits per heavy atom. The molecule has 17 heavy (non-hydrogen) atoms. The van der Waals surface area contributed by atoms with Crippen LogP contribution in [0.2, 0.25) is 0 Å². The zero-order valence-electron chi connectivity index (χ0n) is 10.5. The van der Waals surface area contributed by atoms with Crippen molar-refractivity contribution in [2.24, 2.45) is 0 Å². The van der Waals surface area contributed by atoms with Gasteiger partial charge in [0.2, 0.25) is 11.7 Å². The topological polar surface area (TPSA) is 60.2 Å². The molecule has 5 nitrogen and oxygen atoms in total. The first-order chi connectivity index (χ1) is 8.19. The van der Waals surface area contributed by atoms with Gasteiger partial charge >= 0.3 is 0 Å². The molecule has 1 aliphatic heterocycles. The number of nitrogens with one attached hydrogen (secondary N) is 1. The Morgan fingerprint density at radius 2 is 2.12 bits per heavy atom. The summed E-state index contributed by atoms with van der Waals surface area (Å²) in [6.07, 6.45) is 5.37. The van der Waals surface area contributed by atoms with E-state index in [9.17, 15) is 0 Å². The van der Waals surface area contributed by atoms with Crippen molar-refractivity contribution in [2.45, 2.75) is 50.2 Å². The van der Waals surface area contributed by atoms with Crippen LogP contribution < -0.4 is 5.32 Å². The average molecular weight is 237 g/mol. The van der Waals surface area contributed by atoms with Gasteiger partial charge in [0.1, 0.15) is 5.60 Å². The maximum Gasteiger partial charge on any atom is 0.246 e. The van der Waals surface area contributed by atoms with E-state index in [0.717, 1.165) is 38.1 Å². The predicted molar refractivity (Wildman–Crippen MR) is 61.4 cm³/mol. The smallest absolute Gasteiger partial charge is 0.246 e. The van der Waals surface area contributed by atoms with Crippen LogP contribution in [0.15, 0.2) is 4.52 Å². The number of hydrogen-bond acceptors (Lipinski definition) is 5. The second-order valence-electron chi connectivity index (χ2n) is 5.34. The summed E-state index contributed by atoms with van der Waals surface area (Å²) >= 11 is 0. The molecule has 2 heterocycles. The average Bonchev–Trinajstić information content (AvgIpc) is 2.87. The maximum absolute atomic E-state index is 5.56. The van der Waals surface area contributed by atoms with Crippen LogP contribution >= 0.6 is 0 Å². The van der Waals surface area contributed by atoms with Crippen LogP contribution in [0, 0.1) is 0 Å². The third-order valence-electron chi connectivity index (χ3n) is 4.23. The Bertz CT molecular complexity index is 384. The number of methoxy groups -OCH3 is 1. The first kappa shape index (κ1) is 11.2. The van der Waals surface area contributed by atoms with Gasteiger partial charge in [0, 0.05) is 7.11 Å². The SMILES string of the molecule is COC1(c2noc(C3(C)CCCN3)n2)CCC1. The first-order valence-corrected chi connectivity index (χ1v) is 6.33. The second kappa shape index (κ2) is 3.78. The quantitative estimate of drug-likeness (QED) is 0.867. The Kier molecular flexibility index (Phi) is 2.48. The molecule has 1 saturated heterocycles. The lowest BCUT2D eigenvalue weighted by Gasteiger charge is -2.37. The lowest BCUT2D eigenvalue weighted by molar-refractivity contribution is -0.0858. The van der Waals surface area contributed by atoms with Crippen LogP contribution in [-0.4, -0.2) is 23.8 Å². The van der Waals surface area contributed by atoms with Gasteiger partial charge in [-0.1, -0.05) is 5.16 Å². The number of hydrogen-bond donors (Lipinski definition) is 1. The van der Waals surface area contributed by atoms with Gasteiger partial charge in [-0.3, -0.25) is 0 Å². The molecule has 2 aliphatic rings. The fourth-order valence-electron chi connectivity index (χ4n) is 2.73. The molecular weight excluding hydrogens is 218 g/mol. The highest BCUT2D eigenvalue weighted by molar-refractivity contribution is 5.11. The Morgan fingerprint density at radius 3 is 2.65 bits per heavy atom. The molecule has 0 radical (unpaired) electrons. The molecule has 0 bridgehead atoms. The Hall–Kier alpha value is -0.940. The van der Waals surface area contributed by atoms with Crippen LogP contribution in [0.4, 0.5) is 0 Å². The van der Waals surface area contributed by atoms with E-state index in [-0.39, 0.29) is 11.1 Å². The molecule has 1 aliphatic carbocycles. The van der Waals surface area contributed by atoms with E-state index >= 15 is 0 Å². The van der Waals surface area contributed by atoms with Gasteiger partial charge in [-0.05, 0) is 45.6 Å². The number of ether oxygens (including phenoxy) is 1. The minimum Gasteiger partial charge on any atom is -0.370 e. The van der Waals surface area contributed by atoms with E-state index in [2.05, 4.69) is 22.4 Å². The highest BCUT2D eigenvalue weighted by Gasteiger charge is 2.45. The first-order valence-electron chi connectivity index (χ1n) is 6.33. The molecular formula is C12H19N3O2. The van der Waals surface area contributed by atoms with E-state index in [1.54, 1.807) is 7.11 Å². The standard InChI is InChI=1S/C12H19N3O2/c1-11(5-4-8-13-11)10-14-9(15-17-10)12(16-2)6-3-7-12/h13H,3-8H2,1-2H3. The zero-order valence-corrected chi connectivity index (χ0v) is 10.5. The third kappa shape index (κ3) is 1.60. The van der Waals surface area contributed by atoms with Gasteiger partial charge in [-0.15, -0.1) is 0 Å². The summed E-state index contributed by atoms with van der Waals surface area (Å²) in [6, 6.07) is 0. The largest absolute Gasteiger partial charge is 0.370 e. The molecule has 1 unspecified atom stereocenters. The Labute approximate surface area is 101 Å². The van der Waals surface area contributed by atoms with Crippen LogP contribution in [0.1, 0.15) is 50.7 Å². The molecule has 94 valence electrons. The van der Waals surface area contributed by atoms with Crippen molar-refractivity contribution in [3.8, 4) is 0 Å². The van der Waals surface area contributed by atoms with Gasteiger partial charge in [-0.2, -0.15) is 4.98 Å². The molecule has 0 spiro atoms. The van der Waals surface area contributed by atoms with Crippen LogP contribution in [0.5, 0.6) is 0 Å². The summed E-state index contributed by atoms with van der Waals surface area (Å²) in [5.41, 5.74) is -0.430. The van der Waals surface area contributed by atoms with E-state index in [0.29, 0.717) is 5.89 Å². The minimum absolute atomic E-state index is 0.149. The van der Waals surface area contributed by atoms with Gasteiger partial charge < -0.3 is 14.6 Å². The molecule has 1 atom stereocenters. The summed E-state index contributed by atoms with van der Waals surface area (Å²) in [5, 5.41) is 7.55. The highest BCUT2D eigenvalue weighted by atomic mass is 16.5. The normalized spacial score (nSPS) is 31.4. The molecule has 1 saturated carbocycles. The molecule has 2 fully saturated rings. The van der Waals surface area contributed by atoms with Crippen molar-refractivity contribution in [1.29, 1.82) is 0 Å². The van der Waals surface area contributed by atoms with Gasteiger partial charge in [0.05, 0.1) is 5.54 Å². The van der Waals surface area contributed by atoms with Crippen molar-refractivity contribution < 1.29 is 9.26 Å². The number of rotatable bonds is 3. The molecule has 0 aromatic carbocycles. The zero-order chi connectivity index (χ0) is 11.9. The number of aromatic nitrogens is 2. The van der Waals surface area contributed by atoms with Crippen molar-refractivity contribution in [3.63, 3.8) is 0 Å². The summed E-state index contributed by atoms with van der Waals surface area (Å²) in [4.78, 5) is 4.56. The maximum atomic E-state index is 5.56. The van der Waals surface area contributed by atoms with E-state index in [1.165, 1.54) is 6.42 Å². The van der Waals surface area contributed by atoms with Crippen molar-refractivity contribution in [3.05, 3.63) is 11.7 Å². The molecule has 0 amide bonds. The predicted octanol–water partition coefficient (Wildman–Crippen LogP) is 1.69. The third-order valence-corrected chi connectivity index (χ3v) is 4.23. The molecule has 1 N–H and O–H groups in total. The van der Waals surface area contributed by atoms with Gasteiger partial charge in [-0.25, -0.2) is 0 Å². The van der Waals surface area contributed by atoms with Gasteiger partial charge in [0.15, 0.2) is 0 Å². The summed E-state index contributed by atoms with van der Waals surface area (Å²) < 4.78 is 11.0. The molecule has 5 heteroatoms. The van der Waals surface area contributed by atoms with Gasteiger partial charge in [0.25, 0.3) is 0 Å². The summed E-state index contributed by atoms with van der Waals surface area (Å²) in [6.45, 7) is 3.14. The second-order valence-corrected chi connectivity index (χ2v) is 5.34. The van der Waals surface area contributed by atoms with Crippen LogP contribution in [-0.2, 0) is 15.9 Å². The highest BCUT2D eigenvalue weighted by Crippen LogP contribution is 2.43. The van der Waals surface area contributed by atoms with Crippen LogP contribution in [0.3, 0.4) is 0 Å². The molecule has 1 aromatic rings. The fourth-order valence-corrected chi connectivity index (χ4v) is 2.73. The van der Waals surface area contributed by atoms with Crippen molar-refractivity contribution in [1.82, 2.24) is 15.5 Å². The fraction of sp³-hybridized carbons (Fsp3) is 0.833. The lowest BCUT2D eigenvalue weighted by Crippen LogP contribution is -2.38. The van der Waals surface area contributed by atoms with Crippen molar-refractivity contribution in [2.75, 3.05) is 13.7 Å². The van der Waals surface area contributed by atoms with Crippen molar-refractivity contribution >= 4 is 0 Å². The van der Waals surface area contributed by atoms with E-state index in [4.69, 9.17) is 9.26 Å². The lowest BCUT2D eigenvalue weighted by atomic mass is 9.79. The minimum atomic E-state index is -0.281. The monoisotopic (exact) mass is 237 g/mol.